The van der Waals surface area contributed by atoms with Crippen molar-refractivity contribution < 1.29 is 9.32 Å². The third-order valence-electron chi connectivity index (χ3n) is 3.07. The Morgan fingerprint density at radius 3 is 2.96 bits per heavy atom. The number of aromatic amines is 1. The number of amides is 1. The van der Waals surface area contributed by atoms with Gasteiger partial charge in [0, 0.05) is 22.8 Å². The van der Waals surface area contributed by atoms with E-state index < -0.39 is 11.5 Å². The van der Waals surface area contributed by atoms with Gasteiger partial charge in [-0.1, -0.05) is 28.9 Å². The van der Waals surface area contributed by atoms with E-state index in [-0.39, 0.29) is 12.1 Å². The van der Waals surface area contributed by atoms with Gasteiger partial charge in [0.1, 0.15) is 11.3 Å². The molecule has 2 aromatic heterocycles. The average molecular weight is 331 g/mol. The smallest absolute Gasteiger partial charge is 0.277 e. The third kappa shape index (κ3) is 3.46. The summed E-state index contributed by atoms with van der Waals surface area (Å²) in [7, 11) is 0. The minimum absolute atomic E-state index is 0.0152. The normalized spacial score (nSPS) is 10.5. The first-order valence-corrected chi connectivity index (χ1v) is 7.05. The Hall–Kier alpha value is -2.93. The highest BCUT2D eigenvalue weighted by molar-refractivity contribution is 6.30. The summed E-state index contributed by atoms with van der Waals surface area (Å²) in [5, 5.41) is 12.8. The zero-order chi connectivity index (χ0) is 16.2. The first-order chi connectivity index (χ1) is 11.1. The molecule has 23 heavy (non-hydrogen) atoms. The molecule has 0 radical (unpaired) electrons. The summed E-state index contributed by atoms with van der Waals surface area (Å²) < 4.78 is 5.23. The lowest BCUT2D eigenvalue weighted by molar-refractivity contribution is 0.0948. The molecule has 0 saturated heterocycles. The van der Waals surface area contributed by atoms with Gasteiger partial charge in [-0.25, -0.2) is 5.10 Å². The number of rotatable bonds is 4. The van der Waals surface area contributed by atoms with Gasteiger partial charge in [-0.3, -0.25) is 9.59 Å². The van der Waals surface area contributed by atoms with Gasteiger partial charge in [0.2, 0.25) is 0 Å². The number of aromatic nitrogens is 3. The highest BCUT2D eigenvalue weighted by atomic mass is 35.5. The lowest BCUT2D eigenvalue weighted by Gasteiger charge is -2.00. The van der Waals surface area contributed by atoms with Crippen molar-refractivity contribution >= 4 is 17.5 Å². The van der Waals surface area contributed by atoms with Crippen LogP contribution in [-0.4, -0.2) is 21.3 Å². The average Bonchev–Trinajstić information content (AvgIpc) is 3.02. The lowest BCUT2D eigenvalue weighted by Crippen LogP contribution is -2.29. The summed E-state index contributed by atoms with van der Waals surface area (Å²) in [6, 6.07) is 10.2. The molecule has 0 unspecified atom stereocenters. The van der Waals surface area contributed by atoms with Crippen LogP contribution in [-0.2, 0) is 6.54 Å². The Morgan fingerprint density at radius 2 is 2.17 bits per heavy atom. The number of H-pyrrole nitrogens is 1. The van der Waals surface area contributed by atoms with E-state index in [4.69, 9.17) is 16.1 Å². The molecular weight excluding hydrogens is 320 g/mol. The van der Waals surface area contributed by atoms with Crippen molar-refractivity contribution in [3.63, 3.8) is 0 Å². The molecule has 0 saturated carbocycles. The Balaban J connectivity index is 1.69. The van der Waals surface area contributed by atoms with Gasteiger partial charge in [0.25, 0.3) is 11.5 Å². The molecule has 0 bridgehead atoms. The van der Waals surface area contributed by atoms with Gasteiger partial charge < -0.3 is 9.84 Å². The van der Waals surface area contributed by atoms with Crippen LogP contribution in [0.4, 0.5) is 0 Å². The van der Waals surface area contributed by atoms with E-state index in [0.29, 0.717) is 16.5 Å². The van der Waals surface area contributed by atoms with Gasteiger partial charge in [0.05, 0.1) is 6.54 Å². The van der Waals surface area contributed by atoms with Crippen molar-refractivity contribution in [3.05, 3.63) is 69.2 Å². The molecule has 0 aliphatic heterocycles. The molecule has 3 rings (SSSR count). The van der Waals surface area contributed by atoms with Crippen molar-refractivity contribution in [2.24, 2.45) is 0 Å². The van der Waals surface area contributed by atoms with Gasteiger partial charge >= 0.3 is 0 Å². The fourth-order valence-electron chi connectivity index (χ4n) is 1.96. The number of benzene rings is 1. The van der Waals surface area contributed by atoms with Crippen molar-refractivity contribution in [1.29, 1.82) is 0 Å². The Morgan fingerprint density at radius 1 is 1.30 bits per heavy atom. The number of nitrogens with one attached hydrogen (secondary N) is 2. The Bertz CT molecular complexity index is 903. The van der Waals surface area contributed by atoms with Gasteiger partial charge in [-0.05, 0) is 18.2 Å². The van der Waals surface area contributed by atoms with Gasteiger partial charge in [-0.15, -0.1) is 0 Å². The van der Waals surface area contributed by atoms with E-state index >= 15 is 0 Å². The maximum atomic E-state index is 11.9. The number of carbonyl (C=O) groups excluding carboxylic acids is 1. The number of hydrogen-bond acceptors (Lipinski definition) is 5. The number of nitrogens with zero attached hydrogens (tertiary/aromatic N) is 2. The molecule has 1 aromatic carbocycles. The summed E-state index contributed by atoms with van der Waals surface area (Å²) in [6.07, 6.45) is 1.34. The second-order valence-corrected chi connectivity index (χ2v) is 5.11. The first-order valence-electron chi connectivity index (χ1n) is 6.67. The molecule has 1 amide bonds. The monoisotopic (exact) mass is 330 g/mol. The van der Waals surface area contributed by atoms with Crippen molar-refractivity contribution in [2.75, 3.05) is 0 Å². The fourth-order valence-corrected chi connectivity index (χ4v) is 2.15. The summed E-state index contributed by atoms with van der Waals surface area (Å²) in [4.78, 5) is 23.4. The largest absolute Gasteiger partial charge is 0.356 e. The SMILES string of the molecule is O=C(NCc1cc(-c2cccc(Cl)c2)on1)c1ccn[nH]c1=O. The number of carbonyl (C=O) groups is 1. The first kappa shape index (κ1) is 15.0. The van der Waals surface area contributed by atoms with E-state index in [1.165, 1.54) is 12.3 Å². The van der Waals surface area contributed by atoms with E-state index in [2.05, 4.69) is 20.7 Å². The van der Waals surface area contributed by atoms with E-state index in [9.17, 15) is 9.59 Å². The summed E-state index contributed by atoms with van der Waals surface area (Å²) in [5.74, 6) is 0.0273. The Kier molecular flexibility index (Phi) is 4.20. The highest BCUT2D eigenvalue weighted by Crippen LogP contribution is 2.23. The van der Waals surface area contributed by atoms with Crippen LogP contribution in [0.3, 0.4) is 0 Å². The molecule has 2 heterocycles. The summed E-state index contributed by atoms with van der Waals surface area (Å²) in [5.41, 5.74) is 0.746. The number of hydrogen-bond donors (Lipinski definition) is 2. The van der Waals surface area contributed by atoms with Crippen molar-refractivity contribution in [3.8, 4) is 11.3 Å². The van der Waals surface area contributed by atoms with Crippen LogP contribution in [0.25, 0.3) is 11.3 Å². The zero-order valence-corrected chi connectivity index (χ0v) is 12.5. The van der Waals surface area contributed by atoms with Crippen LogP contribution in [0.1, 0.15) is 16.1 Å². The maximum Gasteiger partial charge on any atom is 0.277 e. The van der Waals surface area contributed by atoms with Crippen LogP contribution in [0.2, 0.25) is 5.02 Å². The van der Waals surface area contributed by atoms with Crippen molar-refractivity contribution in [2.45, 2.75) is 6.54 Å². The van der Waals surface area contributed by atoms with Crippen LogP contribution < -0.4 is 10.9 Å². The van der Waals surface area contributed by atoms with Crippen molar-refractivity contribution in [1.82, 2.24) is 20.7 Å². The zero-order valence-electron chi connectivity index (χ0n) is 11.7. The quantitative estimate of drug-likeness (QED) is 0.762. The van der Waals surface area contributed by atoms with Crippen LogP contribution in [0, 0.1) is 0 Å². The van der Waals surface area contributed by atoms with Crippen LogP contribution in [0.5, 0.6) is 0 Å². The summed E-state index contributed by atoms with van der Waals surface area (Å²) >= 11 is 5.93. The lowest BCUT2D eigenvalue weighted by atomic mass is 10.1. The van der Waals surface area contributed by atoms with Crippen LogP contribution >= 0.6 is 11.6 Å². The predicted octanol–water partition coefficient (Wildman–Crippen LogP) is 2.01. The Labute approximate surface area is 135 Å². The van der Waals surface area contributed by atoms with E-state index in [1.54, 1.807) is 24.3 Å². The standard InChI is InChI=1S/C15H11ClN4O3/c16-10-3-1-2-9(6-10)13-7-11(20-23-13)8-17-14(21)12-4-5-18-19-15(12)22/h1-7H,8H2,(H,17,21)(H,19,22). The molecule has 116 valence electrons. The predicted molar refractivity (Wildman–Crippen MR) is 83.0 cm³/mol. The molecule has 7 nitrogen and oxygen atoms in total. The van der Waals surface area contributed by atoms with E-state index in [1.807, 2.05) is 6.07 Å². The van der Waals surface area contributed by atoms with Gasteiger partial charge in [0.15, 0.2) is 5.76 Å². The molecule has 0 fully saturated rings. The van der Waals surface area contributed by atoms with Gasteiger partial charge in [-0.2, -0.15) is 5.10 Å². The highest BCUT2D eigenvalue weighted by Gasteiger charge is 2.12. The molecule has 0 aliphatic rings. The minimum Gasteiger partial charge on any atom is -0.356 e. The second-order valence-electron chi connectivity index (χ2n) is 4.67. The van der Waals surface area contributed by atoms with E-state index in [0.717, 1.165) is 5.56 Å². The third-order valence-corrected chi connectivity index (χ3v) is 3.30. The second kappa shape index (κ2) is 6.45. The minimum atomic E-state index is -0.551. The molecule has 2 N–H and O–H groups in total. The molecule has 0 atom stereocenters. The molecular formula is C15H11ClN4O3. The molecule has 0 aliphatic carbocycles. The van der Waals surface area contributed by atoms with Crippen LogP contribution in [0.15, 0.2) is 51.9 Å². The summed E-state index contributed by atoms with van der Waals surface area (Å²) in [6.45, 7) is 0.130. The molecule has 0 spiro atoms. The topological polar surface area (TPSA) is 101 Å². The maximum absolute atomic E-state index is 11.9. The number of halogens is 1. The molecule has 8 heteroatoms. The fraction of sp³-hybridized carbons (Fsp3) is 0.0667. The molecule has 3 aromatic rings.